The molecule has 3 aromatic heterocycles. The van der Waals surface area contributed by atoms with Gasteiger partial charge >= 0.3 is 0 Å². The lowest BCUT2D eigenvalue weighted by Gasteiger charge is -2.47. The van der Waals surface area contributed by atoms with E-state index in [2.05, 4.69) is 20.0 Å². The minimum Gasteiger partial charge on any atom is -0.489 e. The SMILES string of the molecule is [C-]#[N+]c1ccc(N2CC(O)(c3ccc(OCc4c(-c5c(Cl)cncc5Cl)noc4C4CC4)cc3Cl)C2)nc1. The summed E-state index contributed by atoms with van der Waals surface area (Å²) >= 11 is 19.4. The zero-order chi connectivity index (χ0) is 26.4. The third-order valence-corrected chi connectivity index (χ3v) is 7.66. The average Bonchev–Trinajstić information content (AvgIpc) is 3.66. The van der Waals surface area contributed by atoms with Crippen LogP contribution in [-0.4, -0.2) is 33.3 Å². The molecule has 2 aliphatic rings. The van der Waals surface area contributed by atoms with E-state index in [4.69, 9.17) is 50.6 Å². The van der Waals surface area contributed by atoms with Crippen LogP contribution in [-0.2, 0) is 12.2 Å². The van der Waals surface area contributed by atoms with Crippen molar-refractivity contribution in [2.45, 2.75) is 31.0 Å². The molecule has 8 nitrogen and oxygen atoms in total. The lowest BCUT2D eigenvalue weighted by atomic mass is 9.86. The van der Waals surface area contributed by atoms with E-state index in [1.165, 1.54) is 18.6 Å². The first kappa shape index (κ1) is 25.0. The lowest BCUT2D eigenvalue weighted by molar-refractivity contribution is 0.00712. The molecule has 1 aromatic carbocycles. The summed E-state index contributed by atoms with van der Waals surface area (Å²) in [5.41, 5.74) is 1.84. The molecule has 1 aliphatic carbocycles. The van der Waals surface area contributed by atoms with Gasteiger partial charge in [-0.05, 0) is 31.0 Å². The van der Waals surface area contributed by atoms with Crippen molar-refractivity contribution in [3.63, 3.8) is 0 Å². The Labute approximate surface area is 233 Å². The van der Waals surface area contributed by atoms with Gasteiger partial charge in [-0.15, -0.1) is 0 Å². The second-order valence-corrected chi connectivity index (χ2v) is 10.7. The van der Waals surface area contributed by atoms with Crippen molar-refractivity contribution in [1.82, 2.24) is 15.1 Å². The Kier molecular flexibility index (Phi) is 6.40. The minimum atomic E-state index is -1.12. The molecule has 192 valence electrons. The van der Waals surface area contributed by atoms with Crippen molar-refractivity contribution < 1.29 is 14.4 Å². The summed E-state index contributed by atoms with van der Waals surface area (Å²) in [5, 5.41) is 16.6. The Morgan fingerprint density at radius 2 is 1.84 bits per heavy atom. The zero-order valence-electron chi connectivity index (χ0n) is 19.9. The van der Waals surface area contributed by atoms with Crippen LogP contribution in [0.5, 0.6) is 5.75 Å². The topological polar surface area (TPSA) is 88.9 Å². The highest BCUT2D eigenvalue weighted by atomic mass is 35.5. The van der Waals surface area contributed by atoms with Crippen LogP contribution in [0.2, 0.25) is 15.1 Å². The predicted octanol–water partition coefficient (Wildman–Crippen LogP) is 6.81. The van der Waals surface area contributed by atoms with E-state index in [0.29, 0.717) is 68.2 Å². The molecule has 4 heterocycles. The number of rotatable bonds is 7. The quantitative estimate of drug-likeness (QED) is 0.245. The van der Waals surface area contributed by atoms with E-state index in [-0.39, 0.29) is 6.61 Å². The summed E-state index contributed by atoms with van der Waals surface area (Å²) in [5.74, 6) is 2.30. The van der Waals surface area contributed by atoms with Gasteiger partial charge in [-0.1, -0.05) is 52.1 Å². The molecule has 11 heteroatoms. The molecule has 0 amide bonds. The fourth-order valence-corrected chi connectivity index (χ4v) is 5.52. The number of aliphatic hydroxyl groups is 1. The van der Waals surface area contributed by atoms with E-state index in [0.717, 1.165) is 24.2 Å². The molecule has 2 fully saturated rings. The Hall–Kier alpha value is -3.35. The number of β-amino-alcohol motifs (C(OH)–C–C–N with tert-alkyl or cyclic N) is 1. The Balaban J connectivity index is 1.19. The fraction of sp³-hybridized carbons (Fsp3) is 0.259. The van der Waals surface area contributed by atoms with Gasteiger partial charge in [0.2, 0.25) is 5.69 Å². The minimum absolute atomic E-state index is 0.180. The molecule has 1 saturated carbocycles. The van der Waals surface area contributed by atoms with Crippen molar-refractivity contribution in [2.24, 2.45) is 0 Å². The van der Waals surface area contributed by atoms with Crippen LogP contribution in [0.15, 0.2) is 53.4 Å². The first-order chi connectivity index (χ1) is 18.4. The number of benzene rings is 1. The van der Waals surface area contributed by atoms with Crippen molar-refractivity contribution in [3.05, 3.63) is 92.3 Å². The van der Waals surface area contributed by atoms with Crippen LogP contribution in [0.3, 0.4) is 0 Å². The van der Waals surface area contributed by atoms with E-state index in [1.807, 2.05) is 4.90 Å². The summed E-state index contributed by atoms with van der Waals surface area (Å²) in [7, 11) is 0. The van der Waals surface area contributed by atoms with Gasteiger partial charge in [0.1, 0.15) is 35.2 Å². The normalized spacial score (nSPS) is 16.1. The van der Waals surface area contributed by atoms with Gasteiger partial charge in [-0.3, -0.25) is 9.97 Å². The van der Waals surface area contributed by atoms with Crippen LogP contribution in [0.25, 0.3) is 16.1 Å². The van der Waals surface area contributed by atoms with E-state index >= 15 is 0 Å². The smallest absolute Gasteiger partial charge is 0.205 e. The second kappa shape index (κ2) is 9.75. The van der Waals surface area contributed by atoms with Crippen molar-refractivity contribution >= 4 is 46.3 Å². The number of anilines is 1. The molecule has 0 bridgehead atoms. The maximum atomic E-state index is 11.2. The number of hydrogen-bond donors (Lipinski definition) is 1. The standard InChI is InChI=1S/C27H20Cl3N5O3/c1-31-16-4-7-23(33-9-16)35-13-27(36,14-35)19-6-5-17(8-20(19)28)37-12-18-25(34-38-26(18)15-2-3-15)24-21(29)10-32-11-22(24)30/h4-11,15,36H,2-3,12-14H2. The largest absolute Gasteiger partial charge is 0.489 e. The second-order valence-electron chi connectivity index (χ2n) is 9.43. The lowest BCUT2D eigenvalue weighted by Crippen LogP contribution is -2.60. The summed E-state index contributed by atoms with van der Waals surface area (Å²) in [4.78, 5) is 13.6. The van der Waals surface area contributed by atoms with Crippen molar-refractivity contribution in [2.75, 3.05) is 18.0 Å². The summed E-state index contributed by atoms with van der Waals surface area (Å²) in [6, 6.07) is 8.72. The molecule has 0 unspecified atom stereocenters. The zero-order valence-corrected chi connectivity index (χ0v) is 22.1. The van der Waals surface area contributed by atoms with Gasteiger partial charge < -0.3 is 19.3 Å². The van der Waals surface area contributed by atoms with Crippen LogP contribution in [0.4, 0.5) is 11.5 Å². The molecule has 38 heavy (non-hydrogen) atoms. The molecule has 0 radical (unpaired) electrons. The monoisotopic (exact) mass is 567 g/mol. The Morgan fingerprint density at radius 1 is 1.08 bits per heavy atom. The van der Waals surface area contributed by atoms with Crippen LogP contribution < -0.4 is 9.64 Å². The summed E-state index contributed by atoms with van der Waals surface area (Å²) in [6.07, 6.45) is 6.60. The highest BCUT2D eigenvalue weighted by Crippen LogP contribution is 2.46. The fourth-order valence-electron chi connectivity index (χ4n) is 4.63. The molecule has 0 atom stereocenters. The van der Waals surface area contributed by atoms with Crippen LogP contribution in [0.1, 0.15) is 35.6 Å². The van der Waals surface area contributed by atoms with Gasteiger partial charge in [0.15, 0.2) is 0 Å². The Morgan fingerprint density at radius 3 is 2.47 bits per heavy atom. The summed E-state index contributed by atoms with van der Waals surface area (Å²) in [6.45, 7) is 7.90. The number of pyridine rings is 2. The van der Waals surface area contributed by atoms with E-state index in [9.17, 15) is 5.11 Å². The van der Waals surface area contributed by atoms with Gasteiger partial charge in [0, 0.05) is 35.6 Å². The first-order valence-electron chi connectivity index (χ1n) is 11.9. The molecular formula is C27H20Cl3N5O3. The molecule has 0 spiro atoms. The van der Waals surface area contributed by atoms with Crippen molar-refractivity contribution in [3.8, 4) is 17.0 Å². The highest BCUT2D eigenvalue weighted by Gasteiger charge is 2.44. The third-order valence-electron chi connectivity index (χ3n) is 6.77. The van der Waals surface area contributed by atoms with Gasteiger partial charge in [-0.25, -0.2) is 4.85 Å². The first-order valence-corrected chi connectivity index (χ1v) is 13.0. The number of ether oxygens (including phenoxy) is 1. The molecule has 4 aromatic rings. The van der Waals surface area contributed by atoms with Gasteiger partial charge in [-0.2, -0.15) is 0 Å². The molecule has 1 aliphatic heterocycles. The van der Waals surface area contributed by atoms with Crippen LogP contribution in [0, 0.1) is 6.57 Å². The van der Waals surface area contributed by atoms with Gasteiger partial charge in [0.25, 0.3) is 0 Å². The molecule has 6 rings (SSSR count). The van der Waals surface area contributed by atoms with Crippen molar-refractivity contribution in [1.29, 1.82) is 0 Å². The maximum absolute atomic E-state index is 11.2. The average molecular weight is 569 g/mol. The number of nitrogens with zero attached hydrogens (tertiary/aromatic N) is 5. The molecular weight excluding hydrogens is 549 g/mol. The number of aromatic nitrogens is 3. The van der Waals surface area contributed by atoms with Crippen LogP contribution >= 0.6 is 34.8 Å². The third kappa shape index (κ3) is 4.56. The summed E-state index contributed by atoms with van der Waals surface area (Å²) < 4.78 is 11.8. The highest BCUT2D eigenvalue weighted by molar-refractivity contribution is 6.38. The number of halogens is 3. The molecule has 1 N–H and O–H groups in total. The van der Waals surface area contributed by atoms with Gasteiger partial charge in [0.05, 0.1) is 40.3 Å². The maximum Gasteiger partial charge on any atom is 0.205 e. The predicted molar refractivity (Wildman–Crippen MR) is 144 cm³/mol. The Bertz CT molecular complexity index is 1540. The number of hydrogen-bond acceptors (Lipinski definition) is 7. The van der Waals surface area contributed by atoms with E-state index in [1.54, 1.807) is 30.3 Å². The molecule has 1 saturated heterocycles. The van der Waals surface area contributed by atoms with E-state index < -0.39 is 5.60 Å².